The molecule has 0 saturated heterocycles. The number of nitrogens with one attached hydrogen (secondary N) is 1. The van der Waals surface area contributed by atoms with Crippen LogP contribution in [0.5, 0.6) is 0 Å². The van der Waals surface area contributed by atoms with Crippen LogP contribution in [0.2, 0.25) is 0 Å². The van der Waals surface area contributed by atoms with Gasteiger partial charge in [0.1, 0.15) is 0 Å². The smallest absolute Gasteiger partial charge is 0.0726 e. The summed E-state index contributed by atoms with van der Waals surface area (Å²) in [5.41, 5.74) is 3.67. The molecule has 2 nitrogen and oxygen atoms in total. The van der Waals surface area contributed by atoms with Gasteiger partial charge in [-0.2, -0.15) is 0 Å². The van der Waals surface area contributed by atoms with E-state index in [1.54, 1.807) is 0 Å². The molecule has 12 heavy (non-hydrogen) atoms. The minimum absolute atomic E-state index is 0.943. The maximum atomic E-state index is 4.30. The van der Waals surface area contributed by atoms with Crippen LogP contribution in [-0.2, 0) is 6.54 Å². The number of benzene rings is 1. The Morgan fingerprint density at radius 3 is 3.25 bits per heavy atom. The number of hydrogen-bond donors (Lipinski definition) is 1. The summed E-state index contributed by atoms with van der Waals surface area (Å²) in [7, 11) is 0. The van der Waals surface area contributed by atoms with Crippen molar-refractivity contribution in [3.63, 3.8) is 0 Å². The molecule has 1 aliphatic rings. The molecule has 0 radical (unpaired) electrons. The lowest BCUT2D eigenvalue weighted by Gasteiger charge is -1.97. The largest absolute Gasteiger partial charge is 0.380 e. The summed E-state index contributed by atoms with van der Waals surface area (Å²) in [4.78, 5) is 4.30. The minimum atomic E-state index is 0.943. The first-order valence-corrected chi connectivity index (χ1v) is 4.05. The fourth-order valence-corrected chi connectivity index (χ4v) is 1.76. The van der Waals surface area contributed by atoms with Crippen LogP contribution in [-0.4, -0.2) is 4.98 Å². The SMILES string of the molecule is c1cc2c3c(ccnc3c1)CN2. The van der Waals surface area contributed by atoms with E-state index in [0.29, 0.717) is 0 Å². The molecule has 0 unspecified atom stereocenters. The predicted octanol–water partition coefficient (Wildman–Crippen LogP) is 2.16. The van der Waals surface area contributed by atoms with Crippen LogP contribution in [0.15, 0.2) is 30.5 Å². The molecule has 2 heterocycles. The van der Waals surface area contributed by atoms with Crippen molar-refractivity contribution >= 4 is 16.6 Å². The molecule has 0 amide bonds. The zero-order chi connectivity index (χ0) is 7.97. The molecule has 1 aliphatic heterocycles. The molecule has 0 spiro atoms. The highest BCUT2D eigenvalue weighted by Crippen LogP contribution is 2.30. The summed E-state index contributed by atoms with van der Waals surface area (Å²) in [6.45, 7) is 0.943. The normalized spacial score (nSPS) is 13.3. The third-order valence-electron chi connectivity index (χ3n) is 2.32. The van der Waals surface area contributed by atoms with E-state index in [4.69, 9.17) is 0 Å². The van der Waals surface area contributed by atoms with Crippen LogP contribution in [0.25, 0.3) is 10.9 Å². The van der Waals surface area contributed by atoms with Crippen LogP contribution in [0.1, 0.15) is 5.56 Å². The first-order chi connectivity index (χ1) is 5.95. The van der Waals surface area contributed by atoms with Crippen LogP contribution >= 0.6 is 0 Å². The van der Waals surface area contributed by atoms with E-state index in [0.717, 1.165) is 12.1 Å². The van der Waals surface area contributed by atoms with Crippen molar-refractivity contribution in [2.24, 2.45) is 0 Å². The first-order valence-electron chi connectivity index (χ1n) is 4.05. The quantitative estimate of drug-likeness (QED) is 0.632. The monoisotopic (exact) mass is 156 g/mol. The number of aromatic nitrogens is 1. The summed E-state index contributed by atoms with van der Waals surface area (Å²) >= 11 is 0. The van der Waals surface area contributed by atoms with Gasteiger partial charge >= 0.3 is 0 Å². The van der Waals surface area contributed by atoms with Crippen LogP contribution in [0.3, 0.4) is 0 Å². The number of nitrogens with zero attached hydrogens (tertiary/aromatic N) is 1. The Labute approximate surface area is 70.2 Å². The van der Waals surface area contributed by atoms with Crippen molar-refractivity contribution in [3.8, 4) is 0 Å². The number of hydrogen-bond acceptors (Lipinski definition) is 2. The molecular formula is C10H8N2. The molecule has 58 valence electrons. The van der Waals surface area contributed by atoms with E-state index >= 15 is 0 Å². The van der Waals surface area contributed by atoms with Gasteiger partial charge in [0.25, 0.3) is 0 Å². The molecular weight excluding hydrogens is 148 g/mol. The second-order valence-electron chi connectivity index (χ2n) is 3.02. The molecule has 2 heteroatoms. The fraction of sp³-hybridized carbons (Fsp3) is 0.100. The van der Waals surface area contributed by atoms with Crippen molar-refractivity contribution in [3.05, 3.63) is 36.0 Å². The number of pyridine rings is 1. The topological polar surface area (TPSA) is 24.9 Å². The standard InChI is InChI=1S/C10H8N2/c1-2-8-10-7(4-5-11-8)6-12-9(10)3-1/h1-5,12H,6H2. The number of rotatable bonds is 0. The van der Waals surface area contributed by atoms with Gasteiger partial charge in [-0.15, -0.1) is 0 Å². The maximum absolute atomic E-state index is 4.30. The highest BCUT2D eigenvalue weighted by Gasteiger charge is 2.12. The first kappa shape index (κ1) is 6.00. The average molecular weight is 156 g/mol. The Hall–Kier alpha value is -1.57. The second-order valence-corrected chi connectivity index (χ2v) is 3.02. The average Bonchev–Trinajstić information content (AvgIpc) is 2.52. The highest BCUT2D eigenvalue weighted by atomic mass is 14.9. The van der Waals surface area contributed by atoms with Crippen molar-refractivity contribution in [2.75, 3.05) is 5.32 Å². The van der Waals surface area contributed by atoms with Gasteiger partial charge in [0.05, 0.1) is 5.52 Å². The van der Waals surface area contributed by atoms with Crippen LogP contribution < -0.4 is 5.32 Å². The summed E-state index contributed by atoms with van der Waals surface area (Å²) in [6.07, 6.45) is 1.87. The highest BCUT2D eigenvalue weighted by molar-refractivity contribution is 5.96. The molecule has 0 aliphatic carbocycles. The summed E-state index contributed by atoms with van der Waals surface area (Å²) in [5.74, 6) is 0. The van der Waals surface area contributed by atoms with Crippen molar-refractivity contribution in [1.29, 1.82) is 0 Å². The van der Waals surface area contributed by atoms with E-state index in [1.807, 2.05) is 12.3 Å². The summed E-state index contributed by atoms with van der Waals surface area (Å²) < 4.78 is 0. The lowest BCUT2D eigenvalue weighted by Crippen LogP contribution is -1.87. The zero-order valence-electron chi connectivity index (χ0n) is 6.54. The van der Waals surface area contributed by atoms with Gasteiger partial charge in [-0.05, 0) is 23.8 Å². The second kappa shape index (κ2) is 1.97. The Balaban J connectivity index is 2.58. The van der Waals surface area contributed by atoms with E-state index in [-0.39, 0.29) is 0 Å². The molecule has 2 aromatic rings. The van der Waals surface area contributed by atoms with Crippen molar-refractivity contribution in [2.45, 2.75) is 6.54 Å². The van der Waals surface area contributed by atoms with Gasteiger partial charge in [0, 0.05) is 23.8 Å². The van der Waals surface area contributed by atoms with Gasteiger partial charge < -0.3 is 5.32 Å². The van der Waals surface area contributed by atoms with E-state index in [9.17, 15) is 0 Å². The molecule has 1 N–H and O–H groups in total. The molecule has 0 atom stereocenters. The minimum Gasteiger partial charge on any atom is -0.380 e. The summed E-state index contributed by atoms with van der Waals surface area (Å²) in [6, 6.07) is 8.26. The van der Waals surface area contributed by atoms with E-state index < -0.39 is 0 Å². The van der Waals surface area contributed by atoms with Crippen molar-refractivity contribution in [1.82, 2.24) is 4.98 Å². The Morgan fingerprint density at radius 1 is 1.25 bits per heavy atom. The lowest BCUT2D eigenvalue weighted by molar-refractivity contribution is 1.21. The Morgan fingerprint density at radius 2 is 2.25 bits per heavy atom. The Kier molecular flexibility index (Phi) is 0.987. The van der Waals surface area contributed by atoms with Crippen LogP contribution in [0, 0.1) is 0 Å². The van der Waals surface area contributed by atoms with E-state index in [1.165, 1.54) is 16.6 Å². The maximum Gasteiger partial charge on any atom is 0.0726 e. The van der Waals surface area contributed by atoms with E-state index in [2.05, 4.69) is 28.5 Å². The molecule has 0 saturated carbocycles. The zero-order valence-corrected chi connectivity index (χ0v) is 6.54. The molecule has 1 aromatic carbocycles. The van der Waals surface area contributed by atoms with Gasteiger partial charge in [-0.25, -0.2) is 0 Å². The van der Waals surface area contributed by atoms with Gasteiger partial charge in [0.15, 0.2) is 0 Å². The number of anilines is 1. The van der Waals surface area contributed by atoms with Crippen LogP contribution in [0.4, 0.5) is 5.69 Å². The molecule has 0 bridgehead atoms. The van der Waals surface area contributed by atoms with Gasteiger partial charge in [0.2, 0.25) is 0 Å². The molecule has 3 rings (SSSR count). The third-order valence-corrected chi connectivity index (χ3v) is 2.32. The van der Waals surface area contributed by atoms with Gasteiger partial charge in [-0.1, -0.05) is 6.07 Å². The third kappa shape index (κ3) is 0.619. The summed E-state index contributed by atoms with van der Waals surface area (Å²) in [5, 5.41) is 4.63. The lowest BCUT2D eigenvalue weighted by atomic mass is 10.1. The van der Waals surface area contributed by atoms with Crippen molar-refractivity contribution < 1.29 is 0 Å². The molecule has 0 fully saturated rings. The van der Waals surface area contributed by atoms with Gasteiger partial charge in [-0.3, -0.25) is 4.98 Å². The fourth-order valence-electron chi connectivity index (χ4n) is 1.76. The Bertz CT molecular complexity index is 410. The molecule has 1 aromatic heterocycles. The predicted molar refractivity (Wildman–Crippen MR) is 49.1 cm³/mol.